The molecule has 1 amide bonds. The molecular weight excluding hydrogens is 454 g/mol. The van der Waals surface area contributed by atoms with Crippen molar-refractivity contribution < 1.29 is 34.1 Å². The second-order valence-electron chi connectivity index (χ2n) is 8.03. The number of carboxylic acids is 2. The third-order valence-corrected chi connectivity index (χ3v) is 5.52. The molecule has 0 atom stereocenters. The highest BCUT2D eigenvalue weighted by Crippen LogP contribution is 2.42. The molecule has 1 heterocycles. The number of carboxylic acid groups (broad SMARTS) is 2. The van der Waals surface area contributed by atoms with E-state index in [0.29, 0.717) is 34.9 Å². The lowest BCUT2D eigenvalue weighted by atomic mass is 9.90. The zero-order chi connectivity index (χ0) is 25.1. The average Bonchev–Trinajstić information content (AvgIpc) is 2.80. The molecule has 0 aromatic heterocycles. The number of nitrogens with one attached hydrogen (secondary N) is 1. The Bertz CT molecular complexity index is 1490. The number of rotatable bonds is 8. The van der Waals surface area contributed by atoms with Crippen molar-refractivity contribution in [1.82, 2.24) is 0 Å². The van der Waals surface area contributed by atoms with E-state index in [1.807, 2.05) is 0 Å². The molecule has 0 fully saturated rings. The summed E-state index contributed by atoms with van der Waals surface area (Å²) in [6.07, 6.45) is 0.833. The first kappa shape index (κ1) is 23.5. The van der Waals surface area contributed by atoms with Gasteiger partial charge in [-0.3, -0.25) is 14.4 Å². The molecular formula is C26H21NO8. The van der Waals surface area contributed by atoms with Crippen molar-refractivity contribution in [2.24, 2.45) is 0 Å². The van der Waals surface area contributed by atoms with Crippen molar-refractivity contribution in [3.05, 3.63) is 70.4 Å². The van der Waals surface area contributed by atoms with E-state index in [-0.39, 0.29) is 52.5 Å². The normalized spacial score (nSPS) is 11.0. The van der Waals surface area contributed by atoms with Crippen LogP contribution in [-0.4, -0.2) is 33.2 Å². The summed E-state index contributed by atoms with van der Waals surface area (Å²) in [6, 6.07) is 13.1. The van der Waals surface area contributed by atoms with Gasteiger partial charge in [-0.15, -0.1) is 0 Å². The molecule has 1 aliphatic heterocycles. The van der Waals surface area contributed by atoms with Gasteiger partial charge in [0.2, 0.25) is 5.91 Å². The molecule has 9 nitrogen and oxygen atoms in total. The van der Waals surface area contributed by atoms with Crippen molar-refractivity contribution in [2.45, 2.75) is 25.7 Å². The van der Waals surface area contributed by atoms with Gasteiger partial charge < -0.3 is 25.1 Å². The van der Waals surface area contributed by atoms with Crippen LogP contribution in [0.4, 0.5) is 5.69 Å². The van der Waals surface area contributed by atoms with Crippen LogP contribution in [0.1, 0.15) is 36.0 Å². The van der Waals surface area contributed by atoms with Gasteiger partial charge in [0, 0.05) is 47.2 Å². The lowest BCUT2D eigenvalue weighted by Gasteiger charge is -2.17. The Morgan fingerprint density at radius 3 is 2.34 bits per heavy atom. The second-order valence-corrected chi connectivity index (χ2v) is 8.03. The fourth-order valence-corrected chi connectivity index (χ4v) is 3.95. The van der Waals surface area contributed by atoms with Crippen LogP contribution in [0.25, 0.3) is 33.4 Å². The first-order valence-electron chi connectivity index (χ1n) is 10.8. The molecule has 4 N–H and O–H groups in total. The molecule has 0 spiro atoms. The maximum absolute atomic E-state index is 12.2. The van der Waals surface area contributed by atoms with Crippen LogP contribution in [0.5, 0.6) is 5.75 Å². The van der Waals surface area contributed by atoms with Gasteiger partial charge in [-0.05, 0) is 54.8 Å². The number of unbranched alkanes of at least 4 members (excludes halogenated alkanes) is 1. The Morgan fingerprint density at radius 2 is 1.60 bits per heavy atom. The Labute approximate surface area is 198 Å². The molecule has 1 aliphatic carbocycles. The predicted octanol–water partition coefficient (Wildman–Crippen LogP) is 4.55. The van der Waals surface area contributed by atoms with Crippen LogP contribution < -0.4 is 10.7 Å². The smallest absolute Gasteiger partial charge is 0.336 e. The topological polar surface area (TPSA) is 154 Å². The van der Waals surface area contributed by atoms with Crippen LogP contribution in [-0.2, 0) is 9.59 Å². The number of hydrogen-bond acceptors (Lipinski definition) is 6. The Hall–Kier alpha value is -4.66. The van der Waals surface area contributed by atoms with Gasteiger partial charge in [0.15, 0.2) is 5.43 Å². The molecule has 178 valence electrons. The molecule has 0 saturated heterocycles. The van der Waals surface area contributed by atoms with Crippen molar-refractivity contribution >= 4 is 34.5 Å². The van der Waals surface area contributed by atoms with E-state index in [1.54, 1.807) is 24.3 Å². The highest BCUT2D eigenvalue weighted by atomic mass is 16.4. The van der Waals surface area contributed by atoms with Crippen molar-refractivity contribution in [3.8, 4) is 28.2 Å². The molecule has 2 aromatic carbocycles. The van der Waals surface area contributed by atoms with E-state index in [1.165, 1.54) is 30.3 Å². The van der Waals surface area contributed by atoms with Crippen LogP contribution in [0.2, 0.25) is 0 Å². The quantitative estimate of drug-likeness (QED) is 0.214. The van der Waals surface area contributed by atoms with Crippen molar-refractivity contribution in [2.75, 3.05) is 5.32 Å². The third kappa shape index (κ3) is 5.14. The molecule has 9 heteroatoms. The number of carbonyl (C=O) groups excluding carboxylic acids is 1. The van der Waals surface area contributed by atoms with Crippen molar-refractivity contribution in [3.63, 3.8) is 0 Å². The molecule has 35 heavy (non-hydrogen) atoms. The summed E-state index contributed by atoms with van der Waals surface area (Å²) in [5, 5.41) is 31.7. The van der Waals surface area contributed by atoms with E-state index >= 15 is 0 Å². The fraction of sp³-hybridized carbons (Fsp3) is 0.154. The highest BCUT2D eigenvalue weighted by molar-refractivity contribution is 6.08. The van der Waals surface area contributed by atoms with Gasteiger partial charge >= 0.3 is 11.9 Å². The number of carbonyl (C=O) groups is 3. The predicted molar refractivity (Wildman–Crippen MR) is 128 cm³/mol. The van der Waals surface area contributed by atoms with E-state index in [4.69, 9.17) is 9.52 Å². The number of hydrogen-bond donors (Lipinski definition) is 4. The maximum atomic E-state index is 12.2. The van der Waals surface area contributed by atoms with E-state index in [9.17, 15) is 29.4 Å². The summed E-state index contributed by atoms with van der Waals surface area (Å²) in [6.45, 7) is 0. The summed E-state index contributed by atoms with van der Waals surface area (Å²) in [7, 11) is 0. The zero-order valence-electron chi connectivity index (χ0n) is 18.4. The number of aliphatic carboxylic acids is 1. The Kier molecular flexibility index (Phi) is 6.50. The molecule has 2 aliphatic rings. The van der Waals surface area contributed by atoms with Crippen LogP contribution in [0.3, 0.4) is 0 Å². The Morgan fingerprint density at radius 1 is 0.857 bits per heavy atom. The monoisotopic (exact) mass is 475 g/mol. The summed E-state index contributed by atoms with van der Waals surface area (Å²) >= 11 is 0. The minimum atomic E-state index is -1.22. The molecule has 4 rings (SSSR count). The summed E-state index contributed by atoms with van der Waals surface area (Å²) in [5.74, 6) is -2.32. The number of fused-ring (bicyclic) bond motifs is 2. The number of aromatic hydroxyl groups is 1. The molecule has 2 aromatic rings. The zero-order valence-corrected chi connectivity index (χ0v) is 18.4. The molecule has 0 unspecified atom stereocenters. The number of amides is 1. The summed E-state index contributed by atoms with van der Waals surface area (Å²) in [5.41, 5.74) is 1.54. The van der Waals surface area contributed by atoms with E-state index in [0.717, 1.165) is 0 Å². The standard InChI is InChI=1S/C26H21NO8/c28-15-6-9-18-21(12-15)35-22-13-16(29)7-10-19(22)25(18)17-8-5-14(11-20(17)26(33)34)27-23(30)3-1-2-4-24(31)32/h5-13,28H,1-4H2,(H,27,30)(H,31,32)(H,33,34). The molecule has 0 bridgehead atoms. The van der Waals surface area contributed by atoms with Gasteiger partial charge in [0.05, 0.1) is 5.56 Å². The maximum Gasteiger partial charge on any atom is 0.336 e. The van der Waals surface area contributed by atoms with Crippen molar-refractivity contribution in [1.29, 1.82) is 0 Å². The van der Waals surface area contributed by atoms with Gasteiger partial charge in [-0.1, -0.05) is 6.07 Å². The van der Waals surface area contributed by atoms with E-state index < -0.39 is 11.9 Å². The first-order chi connectivity index (χ1) is 16.7. The number of anilines is 1. The number of aromatic carboxylic acids is 1. The van der Waals surface area contributed by atoms with Crippen LogP contribution in [0.15, 0.2) is 63.8 Å². The minimum absolute atomic E-state index is 0.0258. The largest absolute Gasteiger partial charge is 0.508 e. The Balaban J connectivity index is 1.76. The lowest BCUT2D eigenvalue weighted by molar-refractivity contribution is -0.137. The van der Waals surface area contributed by atoms with Gasteiger partial charge in [0.1, 0.15) is 17.1 Å². The number of phenolic OH excluding ortho intramolecular Hbond substituents is 1. The average molecular weight is 475 g/mol. The highest BCUT2D eigenvalue weighted by Gasteiger charge is 2.22. The van der Waals surface area contributed by atoms with Gasteiger partial charge in [0.25, 0.3) is 0 Å². The van der Waals surface area contributed by atoms with E-state index in [2.05, 4.69) is 5.32 Å². The van der Waals surface area contributed by atoms with Gasteiger partial charge in [-0.2, -0.15) is 0 Å². The van der Waals surface area contributed by atoms with Crippen LogP contribution in [0, 0.1) is 0 Å². The SMILES string of the molecule is O=C(O)CCCCC(=O)Nc1ccc(-c2c3ccc(=O)cc-3oc3cc(O)ccc23)c(C(=O)O)c1. The summed E-state index contributed by atoms with van der Waals surface area (Å²) in [4.78, 5) is 46.9. The van der Waals surface area contributed by atoms with Gasteiger partial charge in [-0.25, -0.2) is 4.79 Å². The first-order valence-corrected chi connectivity index (χ1v) is 10.8. The molecule has 0 saturated carbocycles. The minimum Gasteiger partial charge on any atom is -0.508 e. The number of benzene rings is 3. The summed E-state index contributed by atoms with van der Waals surface area (Å²) < 4.78 is 5.81. The second kappa shape index (κ2) is 9.68. The lowest BCUT2D eigenvalue weighted by Crippen LogP contribution is -2.12. The third-order valence-electron chi connectivity index (χ3n) is 5.52. The number of phenols is 1. The fourth-order valence-electron chi connectivity index (χ4n) is 3.95. The van der Waals surface area contributed by atoms with Crippen LogP contribution >= 0.6 is 0 Å². The molecule has 0 radical (unpaired) electrons.